The van der Waals surface area contributed by atoms with Gasteiger partial charge in [0.15, 0.2) is 0 Å². The highest BCUT2D eigenvalue weighted by molar-refractivity contribution is 6.35. The van der Waals surface area contributed by atoms with Gasteiger partial charge in [-0.3, -0.25) is 4.79 Å². The first-order valence-corrected chi connectivity index (χ1v) is 6.73. The van der Waals surface area contributed by atoms with Gasteiger partial charge in [0, 0.05) is 35.7 Å². The molecule has 0 heterocycles. The van der Waals surface area contributed by atoms with Crippen molar-refractivity contribution in [2.45, 2.75) is 12.8 Å². The third-order valence-corrected chi connectivity index (χ3v) is 3.00. The number of nitrogens with zero attached hydrogens (tertiary/aromatic N) is 1. The molecule has 0 radical (unpaired) electrons. The number of ether oxygens (including phenoxy) is 1. The van der Waals surface area contributed by atoms with Crippen LogP contribution in [-0.2, 0) is 9.53 Å². The van der Waals surface area contributed by atoms with Crippen LogP contribution in [0.5, 0.6) is 0 Å². The van der Waals surface area contributed by atoms with Gasteiger partial charge in [0.2, 0.25) is 0 Å². The van der Waals surface area contributed by atoms with Crippen molar-refractivity contribution >= 4 is 40.9 Å². The van der Waals surface area contributed by atoms with Crippen molar-refractivity contribution in [3.8, 4) is 0 Å². The molecule has 7 heteroatoms. The third kappa shape index (κ3) is 5.67. The molecular formula is C13H16Cl2N2O3. The van der Waals surface area contributed by atoms with Crippen LogP contribution in [0.4, 0.5) is 10.5 Å². The van der Waals surface area contributed by atoms with Crippen LogP contribution in [0.1, 0.15) is 12.8 Å². The number of amides is 2. The molecule has 5 nitrogen and oxygen atoms in total. The van der Waals surface area contributed by atoms with Crippen LogP contribution in [0.25, 0.3) is 0 Å². The molecule has 0 aliphatic rings. The summed E-state index contributed by atoms with van der Waals surface area (Å²) in [5.74, 6) is -0.291. The number of esters is 1. The maximum absolute atomic E-state index is 11.9. The minimum atomic E-state index is -0.298. The van der Waals surface area contributed by atoms with E-state index >= 15 is 0 Å². The second kappa shape index (κ2) is 7.97. The van der Waals surface area contributed by atoms with Gasteiger partial charge in [-0.1, -0.05) is 23.2 Å². The molecule has 2 amide bonds. The van der Waals surface area contributed by atoms with Crippen molar-refractivity contribution in [3.05, 3.63) is 28.2 Å². The Balaban J connectivity index is 2.47. The summed E-state index contributed by atoms with van der Waals surface area (Å²) in [6.07, 6.45) is 0.810. The van der Waals surface area contributed by atoms with Gasteiger partial charge in [0.1, 0.15) is 0 Å². The Morgan fingerprint density at radius 3 is 2.40 bits per heavy atom. The summed E-state index contributed by atoms with van der Waals surface area (Å²) in [4.78, 5) is 24.3. The van der Waals surface area contributed by atoms with Crippen LogP contribution in [0.15, 0.2) is 18.2 Å². The average Bonchev–Trinajstić information content (AvgIpc) is 2.36. The van der Waals surface area contributed by atoms with Gasteiger partial charge < -0.3 is 15.0 Å². The molecule has 0 aliphatic carbocycles. The van der Waals surface area contributed by atoms with Gasteiger partial charge in [-0.05, 0) is 24.6 Å². The van der Waals surface area contributed by atoms with E-state index in [1.807, 2.05) is 0 Å². The quantitative estimate of drug-likeness (QED) is 0.846. The molecule has 0 bridgehead atoms. The number of methoxy groups -OCH3 is 1. The molecule has 1 aromatic rings. The number of hydrogen-bond acceptors (Lipinski definition) is 3. The van der Waals surface area contributed by atoms with Crippen LogP contribution in [0.2, 0.25) is 10.0 Å². The second-order valence-electron chi connectivity index (χ2n) is 4.19. The van der Waals surface area contributed by atoms with Crippen molar-refractivity contribution in [1.29, 1.82) is 0 Å². The zero-order valence-electron chi connectivity index (χ0n) is 11.3. The Morgan fingerprint density at radius 2 is 1.85 bits per heavy atom. The summed E-state index contributed by atoms with van der Waals surface area (Å²) in [5.41, 5.74) is 0.521. The van der Waals surface area contributed by atoms with Crippen LogP contribution in [-0.4, -0.2) is 37.6 Å². The monoisotopic (exact) mass is 318 g/mol. The molecule has 0 saturated carbocycles. The molecule has 1 N–H and O–H groups in total. The lowest BCUT2D eigenvalue weighted by Gasteiger charge is -2.17. The smallest absolute Gasteiger partial charge is 0.321 e. The number of carbonyl (C=O) groups is 2. The predicted octanol–water partition coefficient (Wildman–Crippen LogP) is 3.41. The minimum absolute atomic E-state index is 0.275. The number of nitrogens with one attached hydrogen (secondary N) is 1. The van der Waals surface area contributed by atoms with Gasteiger partial charge >= 0.3 is 12.0 Å². The zero-order chi connectivity index (χ0) is 15.1. The number of urea groups is 1. The van der Waals surface area contributed by atoms with Crippen molar-refractivity contribution in [1.82, 2.24) is 4.90 Å². The fraction of sp³-hybridized carbons (Fsp3) is 0.385. The first-order chi connectivity index (χ1) is 9.42. The maximum Gasteiger partial charge on any atom is 0.321 e. The summed E-state index contributed by atoms with van der Waals surface area (Å²) in [6, 6.07) is 4.49. The first kappa shape index (κ1) is 16.6. The van der Waals surface area contributed by atoms with Crippen LogP contribution >= 0.6 is 23.2 Å². The molecule has 0 fully saturated rings. The topological polar surface area (TPSA) is 58.6 Å². The number of anilines is 1. The Labute approximate surface area is 127 Å². The molecule has 0 aliphatic heterocycles. The highest BCUT2D eigenvalue weighted by atomic mass is 35.5. The normalized spacial score (nSPS) is 10.0. The molecule has 0 aromatic heterocycles. The van der Waals surface area contributed by atoms with E-state index in [0.717, 1.165) is 0 Å². The van der Waals surface area contributed by atoms with Gasteiger partial charge in [0.25, 0.3) is 0 Å². The molecule has 0 atom stereocenters. The van der Waals surface area contributed by atoms with E-state index in [1.165, 1.54) is 12.0 Å². The number of halogens is 2. The highest BCUT2D eigenvalue weighted by Gasteiger charge is 2.10. The standard InChI is InChI=1S/C13H16Cl2N2O3/c1-17(5-3-4-12(18)20-2)13(19)16-11-7-9(14)6-10(15)8-11/h6-8H,3-5H2,1-2H3,(H,16,19). The number of rotatable bonds is 5. The summed E-state index contributed by atoms with van der Waals surface area (Å²) in [5, 5.41) is 3.57. The van der Waals surface area contributed by atoms with E-state index in [-0.39, 0.29) is 18.4 Å². The fourth-order valence-corrected chi connectivity index (χ4v) is 2.04. The Hall–Kier alpha value is -1.46. The number of carbonyl (C=O) groups excluding carboxylic acids is 2. The molecule has 0 unspecified atom stereocenters. The van der Waals surface area contributed by atoms with E-state index in [2.05, 4.69) is 10.1 Å². The van der Waals surface area contributed by atoms with Crippen LogP contribution < -0.4 is 5.32 Å². The molecule has 110 valence electrons. The van der Waals surface area contributed by atoms with Crippen LogP contribution in [0.3, 0.4) is 0 Å². The Morgan fingerprint density at radius 1 is 1.25 bits per heavy atom. The first-order valence-electron chi connectivity index (χ1n) is 5.97. The lowest BCUT2D eigenvalue weighted by Crippen LogP contribution is -2.32. The Bertz CT molecular complexity index is 474. The summed E-state index contributed by atoms with van der Waals surface area (Å²) in [6.45, 7) is 0.440. The Kier molecular flexibility index (Phi) is 6.61. The van der Waals surface area contributed by atoms with E-state index in [9.17, 15) is 9.59 Å². The van der Waals surface area contributed by atoms with Crippen molar-refractivity contribution in [2.75, 3.05) is 26.0 Å². The zero-order valence-corrected chi connectivity index (χ0v) is 12.8. The molecule has 0 saturated heterocycles. The molecule has 0 spiro atoms. The third-order valence-electron chi connectivity index (χ3n) is 2.56. The van der Waals surface area contributed by atoms with E-state index in [4.69, 9.17) is 23.2 Å². The lowest BCUT2D eigenvalue weighted by atomic mass is 10.3. The largest absolute Gasteiger partial charge is 0.469 e. The predicted molar refractivity (Wildman–Crippen MR) is 79.4 cm³/mol. The fourth-order valence-electron chi connectivity index (χ4n) is 1.51. The molecular weight excluding hydrogens is 303 g/mol. The number of benzene rings is 1. The van der Waals surface area contributed by atoms with Crippen LogP contribution in [0, 0.1) is 0 Å². The van der Waals surface area contributed by atoms with Crippen molar-refractivity contribution < 1.29 is 14.3 Å². The van der Waals surface area contributed by atoms with Gasteiger partial charge in [0.05, 0.1) is 7.11 Å². The average molecular weight is 319 g/mol. The SMILES string of the molecule is COC(=O)CCCN(C)C(=O)Nc1cc(Cl)cc(Cl)c1. The highest BCUT2D eigenvalue weighted by Crippen LogP contribution is 2.22. The van der Waals surface area contributed by atoms with Crippen molar-refractivity contribution in [2.24, 2.45) is 0 Å². The summed E-state index contributed by atoms with van der Waals surface area (Å²) < 4.78 is 4.53. The van der Waals surface area contributed by atoms with Gasteiger partial charge in [-0.15, -0.1) is 0 Å². The lowest BCUT2D eigenvalue weighted by molar-refractivity contribution is -0.140. The second-order valence-corrected chi connectivity index (χ2v) is 5.06. The summed E-state index contributed by atoms with van der Waals surface area (Å²) >= 11 is 11.7. The van der Waals surface area contributed by atoms with E-state index in [1.54, 1.807) is 25.2 Å². The maximum atomic E-state index is 11.9. The van der Waals surface area contributed by atoms with Crippen molar-refractivity contribution in [3.63, 3.8) is 0 Å². The van der Waals surface area contributed by atoms with E-state index < -0.39 is 0 Å². The van der Waals surface area contributed by atoms with E-state index in [0.29, 0.717) is 28.7 Å². The van der Waals surface area contributed by atoms with Gasteiger partial charge in [-0.2, -0.15) is 0 Å². The molecule has 1 aromatic carbocycles. The number of hydrogen-bond donors (Lipinski definition) is 1. The van der Waals surface area contributed by atoms with Gasteiger partial charge in [-0.25, -0.2) is 4.79 Å². The molecule has 1 rings (SSSR count). The minimum Gasteiger partial charge on any atom is -0.469 e. The molecule has 20 heavy (non-hydrogen) atoms. The summed E-state index contributed by atoms with van der Waals surface area (Å²) in [7, 11) is 2.97.